The summed E-state index contributed by atoms with van der Waals surface area (Å²) >= 11 is 0. The number of anilines is 2. The fourth-order valence-corrected chi connectivity index (χ4v) is 15.0. The number of allylic oxidation sites excluding steroid dienone is 4. The van der Waals surface area contributed by atoms with E-state index in [1.54, 1.807) is 49.9 Å². The first-order valence-corrected chi connectivity index (χ1v) is 34.8. The minimum Gasteiger partial charge on any atom is -0.445 e. The number of carbonyl (C=O) groups is 9. The van der Waals surface area contributed by atoms with Crippen molar-refractivity contribution >= 4 is 64.6 Å². The Balaban J connectivity index is 0.646. The van der Waals surface area contributed by atoms with Gasteiger partial charge in [0.25, 0.3) is 0 Å². The van der Waals surface area contributed by atoms with Gasteiger partial charge in [-0.2, -0.15) is 0 Å². The molecule has 3 aromatic rings. The predicted octanol–water partition coefficient (Wildman–Crippen LogP) is 6.00. The zero-order chi connectivity index (χ0) is 72.5. The maximum absolute atomic E-state index is 17.9. The van der Waals surface area contributed by atoms with Gasteiger partial charge in [0.1, 0.15) is 24.9 Å². The fraction of sp³-hybridized carbons (Fsp3) is 0.554. The largest absolute Gasteiger partial charge is 0.445 e. The Morgan fingerprint density at radius 3 is 2.15 bits per heavy atom. The van der Waals surface area contributed by atoms with Gasteiger partial charge in [-0.05, 0) is 116 Å². The number of aliphatic hydroxyl groups excluding tert-OH is 1. The third-order valence-electron chi connectivity index (χ3n) is 20.1. The monoisotopic (exact) mass is 1400 g/mol. The summed E-state index contributed by atoms with van der Waals surface area (Å²) in [7, 11) is 0. The molecule has 9 N–H and O–H groups in total. The van der Waals surface area contributed by atoms with E-state index >= 15 is 8.78 Å². The van der Waals surface area contributed by atoms with Crippen LogP contribution in [0, 0.1) is 40.4 Å². The van der Waals surface area contributed by atoms with Crippen LogP contribution >= 0.6 is 0 Å². The fourth-order valence-electron chi connectivity index (χ4n) is 15.0. The molecule has 2 heterocycles. The van der Waals surface area contributed by atoms with Gasteiger partial charge in [-0.1, -0.05) is 94.5 Å². The third kappa shape index (κ3) is 18.1. The van der Waals surface area contributed by atoms with E-state index < -0.39 is 125 Å². The molecule has 3 aromatic carbocycles. The smallest absolute Gasteiger partial charge is 0.407 e. The Kier molecular flexibility index (Phi) is 26.5. The topological polar surface area (TPSA) is 340 Å². The number of hydrogen-bond acceptors (Lipinski definition) is 17. The van der Waals surface area contributed by atoms with Gasteiger partial charge in [-0.15, -0.1) is 0 Å². The number of ether oxygens (including phenoxy) is 7. The van der Waals surface area contributed by atoms with E-state index in [-0.39, 0.29) is 121 Å². The molecule has 1 unspecified atom stereocenters. The van der Waals surface area contributed by atoms with E-state index in [0.29, 0.717) is 56.1 Å². The number of rotatable bonds is 35. The molecule has 12 atom stereocenters. The van der Waals surface area contributed by atoms with Crippen molar-refractivity contribution in [1.29, 1.82) is 0 Å². The Bertz CT molecular complexity index is 3620. The average molecular weight is 1410 g/mol. The Morgan fingerprint density at radius 2 is 1.45 bits per heavy atom. The highest BCUT2D eigenvalue weighted by Gasteiger charge is 2.80. The van der Waals surface area contributed by atoms with Gasteiger partial charge in [0.05, 0.1) is 83.8 Å². The average Bonchev–Trinajstić information content (AvgIpc) is 1.54. The lowest BCUT2D eigenvalue weighted by atomic mass is 9.44. The Morgan fingerprint density at radius 1 is 0.772 bits per heavy atom. The molecule has 6 aliphatic rings. The lowest BCUT2D eigenvalue weighted by Gasteiger charge is -2.63. The lowest BCUT2D eigenvalue weighted by molar-refractivity contribution is -0.233. The predicted molar refractivity (Wildman–Crippen MR) is 365 cm³/mol. The maximum Gasteiger partial charge on any atom is 0.407 e. The van der Waals surface area contributed by atoms with E-state index in [1.165, 1.54) is 19.1 Å². The van der Waals surface area contributed by atoms with Crippen LogP contribution in [0.15, 0.2) is 96.6 Å². The summed E-state index contributed by atoms with van der Waals surface area (Å²) in [5.41, 5.74) is 2.26. The van der Waals surface area contributed by atoms with E-state index in [4.69, 9.17) is 38.9 Å². The molecule has 0 spiro atoms. The Labute approximate surface area is 586 Å². The number of urea groups is 1. The van der Waals surface area contributed by atoms with E-state index in [9.17, 15) is 48.3 Å². The van der Waals surface area contributed by atoms with Crippen molar-refractivity contribution in [3.05, 3.63) is 119 Å². The van der Waals surface area contributed by atoms with Crippen LogP contribution in [0.2, 0.25) is 0 Å². The molecule has 2 aliphatic heterocycles. The van der Waals surface area contributed by atoms with Gasteiger partial charge in [-0.3, -0.25) is 33.6 Å². The molecular weight excluding hydrogens is 1310 g/mol. The molecule has 1 saturated heterocycles. The minimum absolute atomic E-state index is 0.0194. The Hall–Kier alpha value is -8.49. The second-order valence-electron chi connectivity index (χ2n) is 27.1. The molecule has 25 nitrogen and oxygen atoms in total. The summed E-state index contributed by atoms with van der Waals surface area (Å²) in [4.78, 5) is 120. The normalized spacial score (nSPS) is 25.7. The second kappa shape index (κ2) is 34.9. The van der Waals surface area contributed by atoms with Crippen LogP contribution in [-0.2, 0) is 79.9 Å². The number of primary amides is 1. The van der Waals surface area contributed by atoms with Crippen LogP contribution < -0.4 is 42.5 Å². The summed E-state index contributed by atoms with van der Waals surface area (Å²) < 4.78 is 74.8. The summed E-state index contributed by atoms with van der Waals surface area (Å²) in [5, 5.41) is 28.0. The van der Waals surface area contributed by atoms with Crippen molar-refractivity contribution in [3.8, 4) is 11.8 Å². The molecule has 27 heteroatoms. The number of halogens is 2. The highest BCUT2D eigenvalue weighted by atomic mass is 19.1. The SMILES string of the molecule is CCC[C@@H]1O[C@@H]2CC3[C@@H]4C[C@H](F)C5=CC(=O)C=C[C@]5(C)[C@@]4(F)[C@@H](O)C[C@]3(C)[C@]2(C(=O)CNC(=O)OCc2ccc(NC(=O)[C@H](CCCNC(N)=O)NC(=O)[C@@H](NC(=O)CCOCCOCCOCCOCCNC(=O)CCC(=O)N3Cc4ccccc4C#Cc4ccccc43)C(C)C)cc2)O1. The first-order chi connectivity index (χ1) is 48.4. The van der Waals surface area contributed by atoms with Crippen molar-refractivity contribution in [2.75, 3.05) is 82.7 Å². The maximum atomic E-state index is 17.9. The number of para-hydroxylation sites is 1. The number of alkyl halides is 2. The first kappa shape index (κ1) is 76.7. The van der Waals surface area contributed by atoms with Crippen LogP contribution in [0.3, 0.4) is 0 Å². The van der Waals surface area contributed by atoms with Crippen LogP contribution in [0.25, 0.3) is 0 Å². The molecule has 4 aliphatic carbocycles. The molecular formula is C74H94F2N8O17. The number of alkyl carbamates (subject to hydrolysis) is 1. The number of nitrogens with zero attached hydrogens (tertiary/aromatic N) is 1. The number of nitrogens with one attached hydrogen (secondary N) is 6. The summed E-state index contributed by atoms with van der Waals surface area (Å²) in [6, 6.07) is 18.5. The molecule has 8 amide bonds. The molecule has 9 rings (SSSR count). The zero-order valence-corrected chi connectivity index (χ0v) is 57.9. The highest BCUT2D eigenvalue weighted by Crippen LogP contribution is 2.72. The quantitative estimate of drug-likeness (QED) is 0.0247. The van der Waals surface area contributed by atoms with Gasteiger partial charge >= 0.3 is 12.1 Å². The van der Waals surface area contributed by atoms with Crippen LogP contribution in [0.1, 0.15) is 121 Å². The minimum atomic E-state index is -2.39. The van der Waals surface area contributed by atoms with E-state index in [1.807, 2.05) is 55.5 Å². The van der Waals surface area contributed by atoms with Crippen molar-refractivity contribution in [3.63, 3.8) is 0 Å². The number of hydrogen-bond donors (Lipinski definition) is 8. The van der Waals surface area contributed by atoms with Crippen LogP contribution in [0.4, 0.5) is 29.7 Å². The molecule has 101 heavy (non-hydrogen) atoms. The van der Waals surface area contributed by atoms with Gasteiger partial charge in [0.15, 0.2) is 29.1 Å². The van der Waals surface area contributed by atoms with Gasteiger partial charge in [0.2, 0.25) is 29.5 Å². The molecule has 0 radical (unpaired) electrons. The van der Waals surface area contributed by atoms with Crippen molar-refractivity contribution in [1.82, 2.24) is 26.6 Å². The lowest BCUT2D eigenvalue weighted by Crippen LogP contribution is -2.71. The molecule has 3 saturated carbocycles. The number of Topliss-reactive ketones (excluding diaryl/α,β-unsaturated/α-hetero) is 1. The zero-order valence-electron chi connectivity index (χ0n) is 57.9. The van der Waals surface area contributed by atoms with Crippen molar-refractivity contribution in [2.45, 2.75) is 160 Å². The van der Waals surface area contributed by atoms with Crippen LogP contribution in [-0.4, -0.2) is 179 Å². The molecule has 0 aromatic heterocycles. The number of nitrogens with two attached hydrogens (primary N) is 1. The molecule has 0 bridgehead atoms. The number of carbonyl (C=O) groups excluding carboxylic acids is 9. The number of fused-ring (bicyclic) bond motifs is 9. The number of aliphatic hydroxyl groups is 1. The number of ketones is 2. The summed E-state index contributed by atoms with van der Waals surface area (Å²) in [6.07, 6.45) is -1.44. The van der Waals surface area contributed by atoms with Gasteiger partial charge in [-0.25, -0.2) is 18.4 Å². The standard InChI is InChI=1S/C74H94F2N8O17/c1-6-12-65-100-61-41-53-54-40-56(75)55-39-52(85)26-28-71(55,4)73(54,76)59(86)42-72(53,5)74(61,101-65)60(87)43-80-70(94)99-45-47-18-22-51(23-19-47)81-67(91)57(16-11-29-79-69(77)93)82-68(92)66(46(2)3)83-63(89)27-31-95-33-35-97-37-38-98-36-34-96-32-30-78-62(88)24-25-64(90)84-44-50-15-8-7-13-48(50)20-21-49-14-9-10-17-58(49)84/h7-10,13-15,17-19,22-23,26,28,39,46,53-54,56-57,59,61,65-66,86H,6,11-12,16,24-25,27,29-38,40-45H2,1-5H3,(H,78,88)(H,80,94)(H,81,91)(H,82,92)(H,83,89)(H3,77,79,93)/t53?,54-,56-,57-,59-,61+,65+,66-,71-,72-,73-,74+/m0/s1. The number of amides is 8. The van der Waals surface area contributed by atoms with Crippen molar-refractivity contribution in [2.24, 2.45) is 34.3 Å². The molecule has 546 valence electrons. The van der Waals surface area contributed by atoms with Gasteiger partial charge in [0, 0.05) is 65.9 Å². The van der Waals surface area contributed by atoms with E-state index in [2.05, 4.69) is 43.7 Å². The van der Waals surface area contributed by atoms with Crippen molar-refractivity contribution < 1.29 is 90.2 Å². The highest BCUT2D eigenvalue weighted by molar-refractivity contribution is 6.02. The van der Waals surface area contributed by atoms with Crippen LogP contribution in [0.5, 0.6) is 0 Å². The van der Waals surface area contributed by atoms with E-state index in [0.717, 1.165) is 22.8 Å². The molecule has 4 fully saturated rings. The third-order valence-corrected chi connectivity index (χ3v) is 20.1. The second-order valence-corrected chi connectivity index (χ2v) is 27.1. The summed E-state index contributed by atoms with van der Waals surface area (Å²) in [6.45, 7) is 10.4. The first-order valence-electron chi connectivity index (χ1n) is 34.8. The number of benzene rings is 3. The summed E-state index contributed by atoms with van der Waals surface area (Å²) in [5.74, 6) is 1.01. The van der Waals surface area contributed by atoms with Gasteiger partial charge < -0.3 is 80.8 Å².